The number of carbonyl (C=O) groups excluding carboxylic acids is 1. The highest BCUT2D eigenvalue weighted by atomic mass is 127. The minimum absolute atomic E-state index is 0. The molecule has 3 N–H and O–H groups in total. The Bertz CT molecular complexity index is 602. The van der Waals surface area contributed by atoms with E-state index < -0.39 is 11.9 Å². The maximum Gasteiger partial charge on any atom is 0.434 e. The molecular formula is C15H23F3IN5OS. The van der Waals surface area contributed by atoms with Crippen LogP contribution in [0.1, 0.15) is 42.8 Å². The monoisotopic (exact) mass is 505 g/mol. The zero-order chi connectivity index (χ0) is 18.3. The second-order valence-corrected chi connectivity index (χ2v) is 6.72. The summed E-state index contributed by atoms with van der Waals surface area (Å²) >= 11 is 0.935. The van der Waals surface area contributed by atoms with Crippen molar-refractivity contribution in [2.24, 2.45) is 4.99 Å². The first-order chi connectivity index (χ1) is 11.9. The fourth-order valence-electron chi connectivity index (χ4n) is 2.57. The van der Waals surface area contributed by atoms with Crippen LogP contribution in [0.5, 0.6) is 0 Å². The molecule has 0 radical (unpaired) electrons. The standard InChI is InChI=1S/C15H22F3N5OS.HI/c1-19-14(20-7-6-12(24)22-10-4-2-3-5-10)21-8-13-23-11(9-25-13)15(16,17)18;/h9-10H,2-8H2,1H3,(H,22,24)(H2,19,20,21);1H. The molecule has 1 aromatic heterocycles. The van der Waals surface area contributed by atoms with Gasteiger partial charge in [0.15, 0.2) is 11.7 Å². The molecule has 1 saturated carbocycles. The van der Waals surface area contributed by atoms with Gasteiger partial charge in [-0.2, -0.15) is 13.2 Å². The predicted molar refractivity (Wildman–Crippen MR) is 106 cm³/mol. The Morgan fingerprint density at radius 3 is 2.62 bits per heavy atom. The molecule has 26 heavy (non-hydrogen) atoms. The van der Waals surface area contributed by atoms with Crippen LogP contribution in [-0.4, -0.2) is 36.5 Å². The Morgan fingerprint density at radius 2 is 2.04 bits per heavy atom. The van der Waals surface area contributed by atoms with Crippen molar-refractivity contribution in [3.63, 3.8) is 0 Å². The van der Waals surface area contributed by atoms with Crippen LogP contribution in [-0.2, 0) is 17.5 Å². The molecule has 2 rings (SSSR count). The van der Waals surface area contributed by atoms with Crippen molar-refractivity contribution in [1.82, 2.24) is 20.9 Å². The second-order valence-electron chi connectivity index (χ2n) is 5.78. The van der Waals surface area contributed by atoms with Crippen LogP contribution in [0.4, 0.5) is 13.2 Å². The first-order valence-electron chi connectivity index (χ1n) is 8.14. The van der Waals surface area contributed by atoms with E-state index in [-0.39, 0.29) is 42.5 Å². The van der Waals surface area contributed by atoms with E-state index in [1.54, 1.807) is 7.05 Å². The van der Waals surface area contributed by atoms with Crippen LogP contribution in [0.25, 0.3) is 0 Å². The van der Waals surface area contributed by atoms with Gasteiger partial charge >= 0.3 is 6.18 Å². The number of hydrogen-bond donors (Lipinski definition) is 3. The number of aliphatic imine (C=N–C) groups is 1. The van der Waals surface area contributed by atoms with Gasteiger partial charge in [0.2, 0.25) is 5.91 Å². The third-order valence-corrected chi connectivity index (χ3v) is 4.69. The fourth-order valence-corrected chi connectivity index (χ4v) is 3.31. The zero-order valence-electron chi connectivity index (χ0n) is 14.4. The van der Waals surface area contributed by atoms with E-state index in [0.717, 1.165) is 42.4 Å². The van der Waals surface area contributed by atoms with E-state index in [9.17, 15) is 18.0 Å². The smallest absolute Gasteiger partial charge is 0.356 e. The average Bonchev–Trinajstić information content (AvgIpc) is 3.21. The number of nitrogens with one attached hydrogen (secondary N) is 3. The van der Waals surface area contributed by atoms with Crippen molar-refractivity contribution < 1.29 is 18.0 Å². The molecule has 0 spiro atoms. The number of alkyl halides is 3. The lowest BCUT2D eigenvalue weighted by Crippen LogP contribution is -2.40. The van der Waals surface area contributed by atoms with E-state index >= 15 is 0 Å². The van der Waals surface area contributed by atoms with Crippen molar-refractivity contribution in [3.05, 3.63) is 16.1 Å². The molecule has 0 atom stereocenters. The molecule has 1 fully saturated rings. The van der Waals surface area contributed by atoms with E-state index in [4.69, 9.17) is 0 Å². The largest absolute Gasteiger partial charge is 0.434 e. The number of amides is 1. The van der Waals surface area contributed by atoms with Crippen molar-refractivity contribution in [1.29, 1.82) is 0 Å². The van der Waals surface area contributed by atoms with Gasteiger partial charge in [-0.05, 0) is 12.8 Å². The lowest BCUT2D eigenvalue weighted by atomic mass is 10.2. The Morgan fingerprint density at radius 1 is 1.35 bits per heavy atom. The van der Waals surface area contributed by atoms with Crippen LogP contribution in [0.2, 0.25) is 0 Å². The quantitative estimate of drug-likeness (QED) is 0.316. The molecule has 1 aromatic rings. The molecule has 0 aromatic carbocycles. The first-order valence-corrected chi connectivity index (χ1v) is 9.02. The third kappa shape index (κ3) is 7.64. The van der Waals surface area contributed by atoms with Gasteiger partial charge in [-0.3, -0.25) is 9.79 Å². The highest BCUT2D eigenvalue weighted by molar-refractivity contribution is 14.0. The van der Waals surface area contributed by atoms with Crippen LogP contribution >= 0.6 is 35.3 Å². The average molecular weight is 505 g/mol. The van der Waals surface area contributed by atoms with Crippen molar-refractivity contribution in [3.8, 4) is 0 Å². The van der Waals surface area contributed by atoms with E-state index in [1.807, 2.05) is 0 Å². The number of halogens is 4. The summed E-state index contributed by atoms with van der Waals surface area (Å²) in [7, 11) is 1.55. The number of thiazole rings is 1. The van der Waals surface area contributed by atoms with Gasteiger partial charge < -0.3 is 16.0 Å². The minimum atomic E-state index is -4.43. The second kappa shape index (κ2) is 10.9. The van der Waals surface area contributed by atoms with Gasteiger partial charge in [0, 0.05) is 31.4 Å². The summed E-state index contributed by atoms with van der Waals surface area (Å²) in [5.41, 5.74) is -0.888. The molecule has 1 amide bonds. The number of nitrogens with zero attached hydrogens (tertiary/aromatic N) is 2. The molecule has 1 heterocycles. The lowest BCUT2D eigenvalue weighted by molar-refractivity contribution is -0.140. The van der Waals surface area contributed by atoms with E-state index in [1.165, 1.54) is 0 Å². The summed E-state index contributed by atoms with van der Waals surface area (Å²) in [5.74, 6) is 0.405. The Balaban J connectivity index is 0.00000338. The van der Waals surface area contributed by atoms with Crippen molar-refractivity contribution in [2.75, 3.05) is 13.6 Å². The molecule has 6 nitrogen and oxygen atoms in total. The predicted octanol–water partition coefficient (Wildman–Crippen LogP) is 2.89. The van der Waals surface area contributed by atoms with E-state index in [0.29, 0.717) is 23.9 Å². The molecule has 0 unspecified atom stereocenters. The van der Waals surface area contributed by atoms with Crippen LogP contribution in [0, 0.1) is 0 Å². The van der Waals surface area contributed by atoms with Crippen molar-refractivity contribution in [2.45, 2.75) is 50.9 Å². The van der Waals surface area contributed by atoms with Crippen LogP contribution in [0.15, 0.2) is 10.4 Å². The Kier molecular flexibility index (Phi) is 9.61. The van der Waals surface area contributed by atoms with Gasteiger partial charge in [0.05, 0.1) is 6.54 Å². The lowest BCUT2D eigenvalue weighted by Gasteiger charge is -2.13. The molecular weight excluding hydrogens is 482 g/mol. The topological polar surface area (TPSA) is 78.4 Å². The van der Waals surface area contributed by atoms with Crippen LogP contribution in [0.3, 0.4) is 0 Å². The number of rotatable bonds is 6. The third-order valence-electron chi connectivity index (χ3n) is 3.84. The Hall–Kier alpha value is -1.11. The summed E-state index contributed by atoms with van der Waals surface area (Å²) in [4.78, 5) is 19.3. The summed E-state index contributed by atoms with van der Waals surface area (Å²) in [6.45, 7) is 0.526. The van der Waals surface area contributed by atoms with Gasteiger partial charge in [-0.25, -0.2) is 4.98 Å². The Labute approximate surface area is 171 Å². The maximum atomic E-state index is 12.5. The summed E-state index contributed by atoms with van der Waals surface area (Å²) in [6, 6.07) is 0.290. The summed E-state index contributed by atoms with van der Waals surface area (Å²) < 4.78 is 37.5. The highest BCUT2D eigenvalue weighted by Crippen LogP contribution is 2.29. The number of hydrogen-bond acceptors (Lipinski definition) is 4. The highest BCUT2D eigenvalue weighted by Gasteiger charge is 2.33. The molecule has 1 aliphatic carbocycles. The number of aromatic nitrogens is 1. The summed E-state index contributed by atoms with van der Waals surface area (Å²) in [5, 5.41) is 10.1. The van der Waals surface area contributed by atoms with Gasteiger partial charge in [-0.15, -0.1) is 35.3 Å². The van der Waals surface area contributed by atoms with Gasteiger partial charge in [-0.1, -0.05) is 12.8 Å². The van der Waals surface area contributed by atoms with Gasteiger partial charge in [0.1, 0.15) is 5.01 Å². The fraction of sp³-hybridized carbons (Fsp3) is 0.667. The van der Waals surface area contributed by atoms with Gasteiger partial charge in [0.25, 0.3) is 0 Å². The molecule has 148 valence electrons. The molecule has 0 bridgehead atoms. The van der Waals surface area contributed by atoms with Crippen molar-refractivity contribution >= 4 is 47.2 Å². The number of guanidine groups is 1. The normalized spacial score (nSPS) is 15.5. The SMILES string of the molecule is CN=C(NCCC(=O)NC1CCCC1)NCc1nc(C(F)(F)F)cs1.I. The van der Waals surface area contributed by atoms with Crippen LogP contribution < -0.4 is 16.0 Å². The summed E-state index contributed by atoms with van der Waals surface area (Å²) in [6.07, 6.45) is 0.277. The first kappa shape index (κ1) is 22.9. The molecule has 0 aliphatic heterocycles. The molecule has 11 heteroatoms. The maximum absolute atomic E-state index is 12.5. The number of carbonyl (C=O) groups is 1. The van der Waals surface area contributed by atoms with E-state index in [2.05, 4.69) is 25.9 Å². The zero-order valence-corrected chi connectivity index (χ0v) is 17.5. The molecule has 0 saturated heterocycles. The molecule has 1 aliphatic rings. The minimum Gasteiger partial charge on any atom is -0.356 e.